The second-order valence-corrected chi connectivity index (χ2v) is 7.67. The minimum Gasteiger partial charge on any atom is -0.438 e. The first-order valence-corrected chi connectivity index (χ1v) is 11.0. The number of hydrogen-bond acceptors (Lipinski definition) is 5. The number of anilines is 1. The molecule has 4 rings (SSSR count). The smallest absolute Gasteiger partial charge is 0.251 e. The number of amides is 2. The molecule has 4 aromatic rings. The fraction of sp³-hybridized carbons (Fsp3) is 0.0714. The summed E-state index contributed by atoms with van der Waals surface area (Å²) in [7, 11) is 0. The van der Waals surface area contributed by atoms with Gasteiger partial charge in [-0.1, -0.05) is 60.7 Å². The maximum atomic E-state index is 13.1. The minimum atomic E-state index is -0.802. The van der Waals surface area contributed by atoms with Gasteiger partial charge in [0.05, 0.1) is 17.4 Å². The molecule has 0 aliphatic heterocycles. The van der Waals surface area contributed by atoms with E-state index in [1.165, 1.54) is 6.20 Å². The summed E-state index contributed by atoms with van der Waals surface area (Å²) in [4.78, 5) is 30.1. The zero-order chi connectivity index (χ0) is 24.5. The molecule has 7 heteroatoms. The Kier molecular flexibility index (Phi) is 7.46. The van der Waals surface area contributed by atoms with E-state index < -0.39 is 6.04 Å². The van der Waals surface area contributed by atoms with Crippen molar-refractivity contribution in [2.45, 2.75) is 12.5 Å². The molecule has 35 heavy (non-hydrogen) atoms. The highest BCUT2D eigenvalue weighted by Gasteiger charge is 2.22. The van der Waals surface area contributed by atoms with E-state index in [1.54, 1.807) is 60.7 Å². The SMILES string of the molecule is N#Cc1ccccc1Oc1ccc(NC(=O)C(Cc2ccccc2)NC(=O)c2ccccc2)cn1. The van der Waals surface area contributed by atoms with Crippen molar-refractivity contribution in [2.75, 3.05) is 5.32 Å². The number of hydrogen-bond donors (Lipinski definition) is 2. The van der Waals surface area contributed by atoms with E-state index in [9.17, 15) is 14.9 Å². The third-order valence-corrected chi connectivity index (χ3v) is 5.17. The normalized spacial score (nSPS) is 11.1. The first-order chi connectivity index (χ1) is 17.1. The summed E-state index contributed by atoms with van der Waals surface area (Å²) in [6, 6.07) is 29.6. The summed E-state index contributed by atoms with van der Waals surface area (Å²) >= 11 is 0. The Morgan fingerprint density at radius 3 is 2.26 bits per heavy atom. The van der Waals surface area contributed by atoms with Crippen molar-refractivity contribution >= 4 is 17.5 Å². The number of rotatable bonds is 8. The van der Waals surface area contributed by atoms with Crippen LogP contribution in [-0.2, 0) is 11.2 Å². The highest BCUT2D eigenvalue weighted by Crippen LogP contribution is 2.24. The molecule has 2 N–H and O–H groups in total. The number of carbonyl (C=O) groups is 2. The zero-order valence-electron chi connectivity index (χ0n) is 18.7. The van der Waals surface area contributed by atoms with Crippen molar-refractivity contribution in [1.82, 2.24) is 10.3 Å². The van der Waals surface area contributed by atoms with E-state index in [4.69, 9.17) is 4.74 Å². The lowest BCUT2D eigenvalue weighted by molar-refractivity contribution is -0.118. The minimum absolute atomic E-state index is 0.281. The van der Waals surface area contributed by atoms with Crippen molar-refractivity contribution in [1.29, 1.82) is 5.26 Å². The van der Waals surface area contributed by atoms with Crippen LogP contribution in [0.2, 0.25) is 0 Å². The molecule has 0 bridgehead atoms. The number of ether oxygens (including phenoxy) is 1. The fourth-order valence-corrected chi connectivity index (χ4v) is 3.39. The molecule has 0 radical (unpaired) electrons. The van der Waals surface area contributed by atoms with Crippen molar-refractivity contribution in [3.8, 4) is 17.7 Å². The molecule has 0 fully saturated rings. The van der Waals surface area contributed by atoms with Gasteiger partial charge in [-0.25, -0.2) is 4.98 Å². The molecule has 7 nitrogen and oxygen atoms in total. The first-order valence-electron chi connectivity index (χ1n) is 11.0. The molecule has 1 unspecified atom stereocenters. The highest BCUT2D eigenvalue weighted by molar-refractivity contribution is 6.01. The van der Waals surface area contributed by atoms with Gasteiger partial charge in [0.25, 0.3) is 5.91 Å². The van der Waals surface area contributed by atoms with Gasteiger partial charge in [-0.15, -0.1) is 0 Å². The van der Waals surface area contributed by atoms with E-state index >= 15 is 0 Å². The van der Waals surface area contributed by atoms with Crippen LogP contribution in [-0.4, -0.2) is 22.8 Å². The Morgan fingerprint density at radius 1 is 0.886 bits per heavy atom. The molecule has 1 aromatic heterocycles. The zero-order valence-corrected chi connectivity index (χ0v) is 18.7. The van der Waals surface area contributed by atoms with Gasteiger partial charge in [0.15, 0.2) is 0 Å². The number of para-hydroxylation sites is 1. The van der Waals surface area contributed by atoms with Crippen LogP contribution in [0.25, 0.3) is 0 Å². The van der Waals surface area contributed by atoms with Gasteiger partial charge in [-0.2, -0.15) is 5.26 Å². The van der Waals surface area contributed by atoms with Gasteiger partial charge in [0.2, 0.25) is 11.8 Å². The molecule has 0 aliphatic rings. The van der Waals surface area contributed by atoms with Gasteiger partial charge in [0.1, 0.15) is 17.9 Å². The number of nitrogens with zero attached hydrogens (tertiary/aromatic N) is 2. The molecular weight excluding hydrogens is 440 g/mol. The van der Waals surface area contributed by atoms with Crippen LogP contribution in [0.1, 0.15) is 21.5 Å². The predicted molar refractivity (Wildman–Crippen MR) is 132 cm³/mol. The van der Waals surface area contributed by atoms with E-state index in [0.717, 1.165) is 5.56 Å². The lowest BCUT2D eigenvalue weighted by atomic mass is 10.0. The van der Waals surface area contributed by atoms with Crippen LogP contribution < -0.4 is 15.4 Å². The largest absolute Gasteiger partial charge is 0.438 e. The Bertz CT molecular complexity index is 1330. The molecule has 0 spiro atoms. The van der Waals surface area contributed by atoms with Crippen molar-refractivity contribution in [3.05, 3.63) is 120 Å². The second kappa shape index (κ2) is 11.3. The topological polar surface area (TPSA) is 104 Å². The number of benzene rings is 3. The first kappa shape index (κ1) is 23.2. The Hall–Kier alpha value is -4.96. The Morgan fingerprint density at radius 2 is 1.57 bits per heavy atom. The van der Waals surface area contributed by atoms with Gasteiger partial charge >= 0.3 is 0 Å². The van der Waals surface area contributed by atoms with E-state index in [0.29, 0.717) is 29.0 Å². The Labute approximate surface area is 203 Å². The van der Waals surface area contributed by atoms with Crippen LogP contribution in [0.4, 0.5) is 5.69 Å². The molecule has 0 saturated heterocycles. The number of carbonyl (C=O) groups excluding carboxylic acids is 2. The third-order valence-electron chi connectivity index (χ3n) is 5.17. The van der Waals surface area contributed by atoms with Crippen LogP contribution in [0.15, 0.2) is 103 Å². The number of nitriles is 1. The monoisotopic (exact) mass is 462 g/mol. The van der Waals surface area contributed by atoms with E-state index in [-0.39, 0.29) is 17.7 Å². The van der Waals surface area contributed by atoms with Crippen LogP contribution in [0.3, 0.4) is 0 Å². The van der Waals surface area contributed by atoms with Crippen LogP contribution in [0, 0.1) is 11.3 Å². The van der Waals surface area contributed by atoms with Crippen LogP contribution >= 0.6 is 0 Å². The summed E-state index contributed by atoms with van der Waals surface area (Å²) in [5, 5.41) is 14.8. The Balaban J connectivity index is 1.46. The summed E-state index contributed by atoms with van der Waals surface area (Å²) in [5.74, 6) is -0.0297. The molecule has 1 heterocycles. The maximum absolute atomic E-state index is 13.1. The van der Waals surface area contributed by atoms with Gasteiger partial charge in [-0.3, -0.25) is 9.59 Å². The molecule has 2 amide bonds. The molecule has 3 aromatic carbocycles. The maximum Gasteiger partial charge on any atom is 0.251 e. The summed E-state index contributed by atoms with van der Waals surface area (Å²) in [5.41, 5.74) is 2.23. The summed E-state index contributed by atoms with van der Waals surface area (Å²) < 4.78 is 5.69. The van der Waals surface area contributed by atoms with Crippen molar-refractivity contribution < 1.29 is 14.3 Å². The van der Waals surface area contributed by atoms with Crippen molar-refractivity contribution in [2.24, 2.45) is 0 Å². The molecule has 0 saturated carbocycles. The standard InChI is InChI=1S/C28H22N4O3/c29-18-22-13-7-8-14-25(22)35-26-16-15-23(19-30-26)31-28(34)24(17-20-9-3-1-4-10-20)32-27(33)21-11-5-2-6-12-21/h1-16,19,24H,17H2,(H,31,34)(H,32,33). The van der Waals surface area contributed by atoms with Gasteiger partial charge < -0.3 is 15.4 Å². The van der Waals surface area contributed by atoms with Crippen LogP contribution in [0.5, 0.6) is 11.6 Å². The predicted octanol–water partition coefficient (Wildman–Crippen LogP) is 4.73. The number of aromatic nitrogens is 1. The van der Waals surface area contributed by atoms with Gasteiger partial charge in [0, 0.05) is 18.1 Å². The number of pyridine rings is 1. The highest BCUT2D eigenvalue weighted by atomic mass is 16.5. The lowest BCUT2D eigenvalue weighted by Crippen LogP contribution is -2.45. The molecule has 172 valence electrons. The second-order valence-electron chi connectivity index (χ2n) is 7.67. The average Bonchev–Trinajstić information content (AvgIpc) is 2.90. The van der Waals surface area contributed by atoms with E-state index in [1.807, 2.05) is 36.4 Å². The van der Waals surface area contributed by atoms with Crippen molar-refractivity contribution in [3.63, 3.8) is 0 Å². The lowest BCUT2D eigenvalue weighted by Gasteiger charge is -2.19. The molecule has 1 atom stereocenters. The molecular formula is C28H22N4O3. The van der Waals surface area contributed by atoms with Gasteiger partial charge in [-0.05, 0) is 35.9 Å². The number of nitrogens with one attached hydrogen (secondary N) is 2. The van der Waals surface area contributed by atoms with E-state index in [2.05, 4.69) is 21.7 Å². The summed E-state index contributed by atoms with van der Waals surface area (Å²) in [6.07, 6.45) is 1.78. The summed E-state index contributed by atoms with van der Waals surface area (Å²) in [6.45, 7) is 0. The molecule has 0 aliphatic carbocycles. The fourth-order valence-electron chi connectivity index (χ4n) is 3.39. The third kappa shape index (κ3) is 6.30. The quantitative estimate of drug-likeness (QED) is 0.394. The average molecular weight is 463 g/mol.